The number of carbonyl (C=O) groups excluding carboxylic acids is 1. The van der Waals surface area contributed by atoms with Crippen molar-refractivity contribution in [2.45, 2.75) is 31.0 Å². The summed E-state index contributed by atoms with van der Waals surface area (Å²) >= 11 is -1.30. The first kappa shape index (κ1) is 19.6. The molecular formula is C17H22F2N4O4S. The van der Waals surface area contributed by atoms with Crippen LogP contribution in [-0.2, 0) is 16.0 Å². The zero-order chi connectivity index (χ0) is 20.1. The van der Waals surface area contributed by atoms with Crippen molar-refractivity contribution in [1.29, 1.82) is 0 Å². The molecule has 0 bridgehead atoms. The summed E-state index contributed by atoms with van der Waals surface area (Å²) in [6.45, 7) is -0.391. The fourth-order valence-electron chi connectivity index (χ4n) is 3.34. The molecular weight excluding hydrogens is 394 g/mol. The second kappa shape index (κ2) is 7.29. The van der Waals surface area contributed by atoms with Crippen molar-refractivity contribution >= 4 is 22.8 Å². The van der Waals surface area contributed by atoms with Crippen LogP contribution in [0.2, 0.25) is 0 Å². The summed E-state index contributed by atoms with van der Waals surface area (Å²) in [5.41, 5.74) is 5.98. The third-order valence-electron chi connectivity index (χ3n) is 5.14. The number of carbonyl (C=O) groups is 1. The highest BCUT2D eigenvalue weighted by Crippen LogP contribution is 2.39. The molecule has 0 aromatic carbocycles. The van der Waals surface area contributed by atoms with Gasteiger partial charge in [0, 0.05) is 0 Å². The van der Waals surface area contributed by atoms with Crippen molar-refractivity contribution < 1.29 is 28.0 Å². The largest absolute Gasteiger partial charge is 0.615 e. The summed E-state index contributed by atoms with van der Waals surface area (Å²) in [5.74, 6) is -2.75. The standard InChI is InChI=1S/C17H22F2N4O4S/c18-17(19)7-22(8-17)12-4-3-11(21-15(12)27-5-10-1-2-10)16(25)23-9-28(26)6-13(23)14(20)24/h3-4,10,13,16,25H,1-2,5-9H2,(H2,20,24). The summed E-state index contributed by atoms with van der Waals surface area (Å²) < 4.78 is 44.1. The molecule has 3 atom stereocenters. The van der Waals surface area contributed by atoms with Gasteiger partial charge in [-0.15, -0.1) is 0 Å². The number of aromatic nitrogens is 1. The number of ether oxygens (including phenoxy) is 1. The monoisotopic (exact) mass is 416 g/mol. The lowest BCUT2D eigenvalue weighted by atomic mass is 10.1. The summed E-state index contributed by atoms with van der Waals surface area (Å²) in [4.78, 5) is 18.8. The first-order chi connectivity index (χ1) is 13.2. The molecule has 1 amide bonds. The number of hydrogen-bond acceptors (Lipinski definition) is 7. The van der Waals surface area contributed by atoms with Crippen molar-refractivity contribution in [3.05, 3.63) is 17.8 Å². The molecule has 2 saturated heterocycles. The fourth-order valence-corrected chi connectivity index (χ4v) is 4.81. The molecule has 154 valence electrons. The van der Waals surface area contributed by atoms with Crippen molar-refractivity contribution in [2.24, 2.45) is 11.7 Å². The number of nitrogens with zero attached hydrogens (tertiary/aromatic N) is 3. The SMILES string of the molecule is NC(=O)C1C[S+]([O-])CN1C(O)c1ccc(N2CC(F)(F)C2)c(OCC2CC2)n1. The number of nitrogens with two attached hydrogens (primary N) is 1. The number of hydrogen-bond donors (Lipinski definition) is 2. The first-order valence-electron chi connectivity index (χ1n) is 9.08. The van der Waals surface area contributed by atoms with Crippen LogP contribution in [0, 0.1) is 5.92 Å². The van der Waals surface area contributed by atoms with E-state index in [4.69, 9.17) is 10.5 Å². The summed E-state index contributed by atoms with van der Waals surface area (Å²) in [5, 5.41) is 10.7. The second-order valence-corrected chi connectivity index (χ2v) is 9.04. The third-order valence-corrected chi connectivity index (χ3v) is 6.42. The quantitative estimate of drug-likeness (QED) is 0.610. The van der Waals surface area contributed by atoms with Crippen LogP contribution in [0.3, 0.4) is 0 Å². The lowest BCUT2D eigenvalue weighted by molar-refractivity contribution is -0.126. The molecule has 1 aromatic rings. The topological polar surface area (TPSA) is 115 Å². The maximum Gasteiger partial charge on any atom is 0.282 e. The predicted octanol–water partition coefficient (Wildman–Crippen LogP) is 0.192. The minimum absolute atomic E-state index is 0.00514. The molecule has 3 unspecified atom stereocenters. The number of rotatable bonds is 7. The minimum Gasteiger partial charge on any atom is -0.615 e. The number of aliphatic hydroxyl groups excluding tert-OH is 1. The van der Waals surface area contributed by atoms with Crippen molar-refractivity contribution in [3.63, 3.8) is 0 Å². The van der Waals surface area contributed by atoms with Crippen molar-refractivity contribution in [3.8, 4) is 5.88 Å². The number of alkyl halides is 2. The molecule has 1 aliphatic carbocycles. The molecule has 3 N–H and O–H groups in total. The number of pyridine rings is 1. The molecule has 28 heavy (non-hydrogen) atoms. The van der Waals surface area contributed by atoms with Gasteiger partial charge in [0.25, 0.3) is 5.92 Å². The smallest absolute Gasteiger partial charge is 0.282 e. The van der Waals surface area contributed by atoms with E-state index in [-0.39, 0.29) is 23.2 Å². The number of amides is 1. The van der Waals surface area contributed by atoms with Gasteiger partial charge in [-0.05, 0) is 42.1 Å². The molecule has 1 saturated carbocycles. The molecule has 0 spiro atoms. The van der Waals surface area contributed by atoms with Gasteiger partial charge >= 0.3 is 0 Å². The van der Waals surface area contributed by atoms with Gasteiger partial charge in [-0.1, -0.05) is 0 Å². The van der Waals surface area contributed by atoms with E-state index in [0.717, 1.165) is 12.8 Å². The van der Waals surface area contributed by atoms with E-state index < -0.39 is 48.4 Å². The third kappa shape index (κ3) is 4.02. The van der Waals surface area contributed by atoms with Crippen LogP contribution in [0.15, 0.2) is 12.1 Å². The highest BCUT2D eigenvalue weighted by molar-refractivity contribution is 7.91. The molecule has 4 rings (SSSR count). The molecule has 11 heteroatoms. The molecule has 3 aliphatic rings. The minimum atomic E-state index is -2.74. The summed E-state index contributed by atoms with van der Waals surface area (Å²) in [6, 6.07) is 2.22. The van der Waals surface area contributed by atoms with Crippen LogP contribution in [-0.4, -0.2) is 68.7 Å². The predicted molar refractivity (Wildman–Crippen MR) is 97.3 cm³/mol. The van der Waals surface area contributed by atoms with Gasteiger partial charge in [0.05, 0.1) is 25.4 Å². The van der Waals surface area contributed by atoms with Crippen molar-refractivity contribution in [1.82, 2.24) is 9.88 Å². The van der Waals surface area contributed by atoms with Gasteiger partial charge in [0.15, 0.2) is 12.1 Å². The van der Waals surface area contributed by atoms with Crippen LogP contribution in [0.1, 0.15) is 24.8 Å². The molecule has 0 radical (unpaired) electrons. The molecule has 8 nitrogen and oxygen atoms in total. The van der Waals surface area contributed by atoms with E-state index in [9.17, 15) is 23.2 Å². The Kier molecular flexibility index (Phi) is 5.10. The van der Waals surface area contributed by atoms with Crippen LogP contribution >= 0.6 is 0 Å². The maximum atomic E-state index is 13.3. The lowest BCUT2D eigenvalue weighted by Gasteiger charge is -2.40. The Labute approximate surface area is 163 Å². The number of halogens is 2. The number of aliphatic hydroxyl groups is 1. The Morgan fingerprint density at radius 3 is 2.79 bits per heavy atom. The lowest BCUT2D eigenvalue weighted by Crippen LogP contribution is -2.56. The molecule has 2 aliphatic heterocycles. The summed E-state index contributed by atoms with van der Waals surface area (Å²) in [6.07, 6.45) is 0.803. The van der Waals surface area contributed by atoms with Crippen LogP contribution in [0.4, 0.5) is 14.5 Å². The van der Waals surface area contributed by atoms with Gasteiger partial charge in [-0.3, -0.25) is 4.79 Å². The Morgan fingerprint density at radius 2 is 2.18 bits per heavy atom. The Bertz CT molecular complexity index is 759. The first-order valence-corrected chi connectivity index (χ1v) is 10.6. The maximum absolute atomic E-state index is 13.3. The number of primary amides is 1. The zero-order valence-electron chi connectivity index (χ0n) is 15.1. The van der Waals surface area contributed by atoms with Gasteiger partial charge in [-0.2, -0.15) is 0 Å². The van der Waals surface area contributed by atoms with Crippen LogP contribution < -0.4 is 15.4 Å². The highest BCUT2D eigenvalue weighted by Gasteiger charge is 2.46. The van der Waals surface area contributed by atoms with Gasteiger partial charge in [0.2, 0.25) is 11.8 Å². The van der Waals surface area contributed by atoms with Crippen molar-refractivity contribution in [2.75, 3.05) is 36.2 Å². The number of anilines is 1. The average molecular weight is 416 g/mol. The molecule has 3 heterocycles. The summed E-state index contributed by atoms with van der Waals surface area (Å²) in [7, 11) is 0. The van der Waals surface area contributed by atoms with Gasteiger partial charge in [0.1, 0.15) is 17.5 Å². The van der Waals surface area contributed by atoms with E-state index in [1.165, 1.54) is 15.9 Å². The zero-order valence-corrected chi connectivity index (χ0v) is 15.9. The molecule has 3 fully saturated rings. The van der Waals surface area contributed by atoms with E-state index in [1.807, 2.05) is 0 Å². The molecule has 1 aromatic heterocycles. The Balaban J connectivity index is 1.56. The normalized spacial score (nSPS) is 28.1. The van der Waals surface area contributed by atoms with E-state index in [0.29, 0.717) is 18.2 Å². The van der Waals surface area contributed by atoms with E-state index >= 15 is 0 Å². The Hall–Kier alpha value is -1.69. The Morgan fingerprint density at radius 1 is 1.46 bits per heavy atom. The highest BCUT2D eigenvalue weighted by atomic mass is 32.2. The fraction of sp³-hybridized carbons (Fsp3) is 0.647. The van der Waals surface area contributed by atoms with Gasteiger partial charge < -0.3 is 25.0 Å². The van der Waals surface area contributed by atoms with E-state index in [1.54, 1.807) is 6.07 Å². The van der Waals surface area contributed by atoms with E-state index in [2.05, 4.69) is 4.98 Å². The van der Waals surface area contributed by atoms with Crippen LogP contribution in [0.5, 0.6) is 5.88 Å². The van der Waals surface area contributed by atoms with Gasteiger partial charge in [-0.25, -0.2) is 18.7 Å². The second-order valence-electron chi connectivity index (χ2n) is 7.57. The average Bonchev–Trinajstić information content (AvgIpc) is 3.36. The van der Waals surface area contributed by atoms with Crippen LogP contribution in [0.25, 0.3) is 0 Å².